The summed E-state index contributed by atoms with van der Waals surface area (Å²) in [7, 11) is -2.85. The van der Waals surface area contributed by atoms with Crippen molar-refractivity contribution in [2.24, 2.45) is 0 Å². The smallest absolute Gasteiger partial charge is 0.147 e. The summed E-state index contributed by atoms with van der Waals surface area (Å²) in [5.41, 5.74) is 2.84. The van der Waals surface area contributed by atoms with Crippen molar-refractivity contribution in [3.8, 4) is 0 Å². The Balaban J connectivity index is 2.47. The molecule has 0 saturated heterocycles. The van der Waals surface area contributed by atoms with Gasteiger partial charge in [0.2, 0.25) is 0 Å². The summed E-state index contributed by atoms with van der Waals surface area (Å²) in [4.78, 5) is 4.29. The zero-order chi connectivity index (χ0) is 12.7. The fraction of sp³-hybridized carbons (Fsp3) is 0.727. The number of rotatable bonds is 8. The van der Waals surface area contributed by atoms with Crippen molar-refractivity contribution in [3.05, 3.63) is 16.6 Å². The summed E-state index contributed by atoms with van der Waals surface area (Å²) in [6.07, 6.45) is 3.84. The van der Waals surface area contributed by atoms with E-state index in [-0.39, 0.29) is 11.8 Å². The number of hydrogen-bond donors (Lipinski definition) is 1. The van der Waals surface area contributed by atoms with Gasteiger partial charge in [-0.05, 0) is 25.8 Å². The molecule has 0 radical (unpaired) electrons. The van der Waals surface area contributed by atoms with E-state index in [1.165, 1.54) is 6.26 Å². The maximum absolute atomic E-state index is 11.1. The molecule has 0 spiro atoms. The van der Waals surface area contributed by atoms with Crippen LogP contribution in [0.5, 0.6) is 0 Å². The summed E-state index contributed by atoms with van der Waals surface area (Å²) in [5, 5.41) is 5.43. The lowest BCUT2D eigenvalue weighted by Crippen LogP contribution is -2.23. The van der Waals surface area contributed by atoms with Crippen molar-refractivity contribution in [1.29, 1.82) is 0 Å². The molecule has 1 aromatic heterocycles. The van der Waals surface area contributed by atoms with Gasteiger partial charge in [-0.25, -0.2) is 13.4 Å². The van der Waals surface area contributed by atoms with Crippen molar-refractivity contribution in [2.45, 2.75) is 32.2 Å². The maximum Gasteiger partial charge on any atom is 0.147 e. The number of aromatic nitrogens is 1. The number of nitrogens with one attached hydrogen (secondary N) is 1. The minimum absolute atomic E-state index is 0.183. The molecular formula is C11H20N2O2S2. The molecular weight excluding hydrogens is 256 g/mol. The fourth-order valence-corrected chi connectivity index (χ4v) is 2.92. The molecule has 0 saturated carbocycles. The predicted molar refractivity (Wildman–Crippen MR) is 72.1 cm³/mol. The molecule has 0 fully saturated rings. The Morgan fingerprint density at radius 1 is 1.53 bits per heavy atom. The lowest BCUT2D eigenvalue weighted by atomic mass is 10.1. The van der Waals surface area contributed by atoms with Crippen LogP contribution >= 0.6 is 11.3 Å². The van der Waals surface area contributed by atoms with Crippen molar-refractivity contribution >= 4 is 21.2 Å². The minimum Gasteiger partial charge on any atom is -0.309 e. The Labute approximate surface area is 107 Å². The van der Waals surface area contributed by atoms with Gasteiger partial charge in [0.1, 0.15) is 9.84 Å². The number of hydrogen-bond acceptors (Lipinski definition) is 5. The van der Waals surface area contributed by atoms with Crippen LogP contribution in [0.25, 0.3) is 0 Å². The first kappa shape index (κ1) is 14.6. The summed E-state index contributed by atoms with van der Waals surface area (Å²) < 4.78 is 22.2. The molecule has 17 heavy (non-hydrogen) atoms. The first-order valence-electron chi connectivity index (χ1n) is 5.82. The third kappa shape index (κ3) is 6.14. The van der Waals surface area contributed by atoms with Gasteiger partial charge in [0.05, 0.1) is 17.2 Å². The van der Waals surface area contributed by atoms with Gasteiger partial charge in [-0.3, -0.25) is 0 Å². The summed E-state index contributed by atoms with van der Waals surface area (Å²) in [6, 6.07) is 0.183. The molecule has 0 aliphatic rings. The topological polar surface area (TPSA) is 59.1 Å². The molecule has 0 aromatic carbocycles. The van der Waals surface area contributed by atoms with Gasteiger partial charge in [-0.1, -0.05) is 6.92 Å². The van der Waals surface area contributed by atoms with Crippen molar-refractivity contribution in [2.75, 3.05) is 18.6 Å². The van der Waals surface area contributed by atoms with Crippen LogP contribution in [0.4, 0.5) is 0 Å². The van der Waals surface area contributed by atoms with Crippen molar-refractivity contribution in [3.63, 3.8) is 0 Å². The van der Waals surface area contributed by atoms with Gasteiger partial charge in [0, 0.05) is 17.4 Å². The van der Waals surface area contributed by atoms with Gasteiger partial charge in [0.15, 0.2) is 0 Å². The van der Waals surface area contributed by atoms with Crippen molar-refractivity contribution < 1.29 is 8.42 Å². The van der Waals surface area contributed by atoms with E-state index in [1.807, 2.05) is 10.9 Å². The van der Waals surface area contributed by atoms with Crippen LogP contribution in [0.15, 0.2) is 10.9 Å². The second-order valence-electron chi connectivity index (χ2n) is 4.19. The van der Waals surface area contributed by atoms with Gasteiger partial charge in [-0.15, -0.1) is 11.3 Å². The van der Waals surface area contributed by atoms with Crippen LogP contribution in [0, 0.1) is 0 Å². The van der Waals surface area contributed by atoms with E-state index in [4.69, 9.17) is 0 Å². The zero-order valence-corrected chi connectivity index (χ0v) is 12.0. The normalized spacial score (nSPS) is 13.8. The second kappa shape index (κ2) is 7.08. The quantitative estimate of drug-likeness (QED) is 0.789. The Kier molecular flexibility index (Phi) is 6.08. The Hall–Kier alpha value is -0.460. The van der Waals surface area contributed by atoms with Crippen LogP contribution < -0.4 is 5.32 Å². The Morgan fingerprint density at radius 3 is 2.82 bits per heavy atom. The standard InChI is InChI=1S/C11H20N2O2S2/c1-3-6-12-10(11-8-16-9-13-11)5-4-7-17(2,14)15/h8-10,12H,3-7H2,1-2H3. The van der Waals surface area contributed by atoms with Crippen LogP contribution in [-0.2, 0) is 9.84 Å². The van der Waals surface area contributed by atoms with Crippen LogP contribution in [-0.4, -0.2) is 32.0 Å². The maximum atomic E-state index is 11.1. The van der Waals surface area contributed by atoms with Crippen LogP contribution in [0.3, 0.4) is 0 Å². The monoisotopic (exact) mass is 276 g/mol. The Bertz CT molecular complexity index is 401. The first-order valence-corrected chi connectivity index (χ1v) is 8.82. The number of nitrogens with zero attached hydrogens (tertiary/aromatic N) is 1. The Morgan fingerprint density at radius 2 is 2.29 bits per heavy atom. The molecule has 0 aliphatic carbocycles. The van der Waals surface area contributed by atoms with Gasteiger partial charge < -0.3 is 5.32 Å². The molecule has 98 valence electrons. The predicted octanol–water partition coefficient (Wildman–Crippen LogP) is 2.01. The molecule has 0 bridgehead atoms. The minimum atomic E-state index is -2.85. The molecule has 0 aliphatic heterocycles. The molecule has 0 amide bonds. The number of thiazole rings is 1. The molecule has 4 nitrogen and oxygen atoms in total. The van der Waals surface area contributed by atoms with E-state index in [2.05, 4.69) is 17.2 Å². The van der Waals surface area contributed by atoms with E-state index < -0.39 is 9.84 Å². The lowest BCUT2D eigenvalue weighted by molar-refractivity contribution is 0.484. The molecule has 6 heteroatoms. The van der Waals surface area contributed by atoms with E-state index in [9.17, 15) is 8.42 Å². The highest BCUT2D eigenvalue weighted by atomic mass is 32.2. The van der Waals surface area contributed by atoms with E-state index in [1.54, 1.807) is 11.3 Å². The summed E-state index contributed by atoms with van der Waals surface area (Å²) >= 11 is 1.57. The van der Waals surface area contributed by atoms with Crippen molar-refractivity contribution in [1.82, 2.24) is 10.3 Å². The SMILES string of the molecule is CCCNC(CCCS(C)(=O)=O)c1cscn1. The zero-order valence-electron chi connectivity index (χ0n) is 10.3. The molecule has 1 unspecified atom stereocenters. The van der Waals surface area contributed by atoms with E-state index >= 15 is 0 Å². The highest BCUT2D eigenvalue weighted by Crippen LogP contribution is 2.18. The fourth-order valence-electron chi connectivity index (χ4n) is 1.62. The third-order valence-electron chi connectivity index (χ3n) is 2.46. The average molecular weight is 276 g/mol. The largest absolute Gasteiger partial charge is 0.309 e. The summed E-state index contributed by atoms with van der Waals surface area (Å²) in [6.45, 7) is 3.04. The average Bonchev–Trinajstić information content (AvgIpc) is 2.74. The molecule has 1 aromatic rings. The van der Waals surface area contributed by atoms with Crippen LogP contribution in [0.1, 0.15) is 37.9 Å². The van der Waals surface area contributed by atoms with Gasteiger partial charge in [-0.2, -0.15) is 0 Å². The lowest BCUT2D eigenvalue weighted by Gasteiger charge is -2.16. The highest BCUT2D eigenvalue weighted by molar-refractivity contribution is 7.90. The molecule has 1 atom stereocenters. The highest BCUT2D eigenvalue weighted by Gasteiger charge is 2.13. The van der Waals surface area contributed by atoms with Gasteiger partial charge in [0.25, 0.3) is 0 Å². The molecule has 1 N–H and O–H groups in total. The van der Waals surface area contributed by atoms with E-state index in [0.717, 1.165) is 25.1 Å². The number of sulfone groups is 1. The second-order valence-corrected chi connectivity index (χ2v) is 7.17. The van der Waals surface area contributed by atoms with Gasteiger partial charge >= 0.3 is 0 Å². The van der Waals surface area contributed by atoms with E-state index in [0.29, 0.717) is 6.42 Å². The van der Waals surface area contributed by atoms with Crippen LogP contribution in [0.2, 0.25) is 0 Å². The summed E-state index contributed by atoms with van der Waals surface area (Å²) in [5.74, 6) is 0.251. The molecule has 1 heterocycles. The first-order chi connectivity index (χ1) is 8.03. The third-order valence-corrected chi connectivity index (χ3v) is 4.09. The molecule has 1 rings (SSSR count).